The van der Waals surface area contributed by atoms with Gasteiger partial charge in [0, 0.05) is 17.7 Å². The fraction of sp³-hybridized carbons (Fsp3) is 0.100. The molecule has 0 bridgehead atoms. The van der Waals surface area contributed by atoms with Crippen LogP contribution in [-0.4, -0.2) is 11.4 Å². The van der Waals surface area contributed by atoms with Crippen LogP contribution in [0, 0.1) is 5.82 Å². The molecule has 0 aliphatic carbocycles. The summed E-state index contributed by atoms with van der Waals surface area (Å²) < 4.78 is 14.5. The molecular formula is C20H17ClFN. The minimum atomic E-state index is -0.256. The van der Waals surface area contributed by atoms with Gasteiger partial charge in [-0.3, -0.25) is 0 Å². The Hall–Kier alpha value is -2.32. The molecule has 1 heterocycles. The Labute approximate surface area is 141 Å². The Morgan fingerprint density at radius 3 is 2.35 bits per heavy atom. The van der Waals surface area contributed by atoms with Gasteiger partial charge in [-0.1, -0.05) is 60.6 Å². The smallest absolute Gasteiger partial charge is 0.132 e. The zero-order valence-electron chi connectivity index (χ0n) is 12.9. The van der Waals surface area contributed by atoms with Crippen molar-refractivity contribution in [2.45, 2.75) is 6.92 Å². The van der Waals surface area contributed by atoms with Gasteiger partial charge in [0.2, 0.25) is 0 Å². The van der Waals surface area contributed by atoms with E-state index in [1.54, 1.807) is 12.1 Å². The van der Waals surface area contributed by atoms with E-state index in [4.69, 9.17) is 11.6 Å². The van der Waals surface area contributed by atoms with Crippen LogP contribution in [0.25, 0.3) is 11.3 Å². The van der Waals surface area contributed by atoms with Crippen LogP contribution in [0.15, 0.2) is 78.0 Å². The topological polar surface area (TPSA) is 3.24 Å². The molecule has 0 unspecified atom stereocenters. The summed E-state index contributed by atoms with van der Waals surface area (Å²) in [5, 5.41) is 0.575. The maximum atomic E-state index is 14.5. The second kappa shape index (κ2) is 6.43. The fourth-order valence-corrected chi connectivity index (χ4v) is 3.03. The zero-order chi connectivity index (χ0) is 16.4. The number of hydrogen-bond donors (Lipinski definition) is 0. The third-order valence-electron chi connectivity index (χ3n) is 3.93. The molecule has 0 spiro atoms. The van der Waals surface area contributed by atoms with Crippen LogP contribution in [0.4, 0.5) is 4.39 Å². The summed E-state index contributed by atoms with van der Waals surface area (Å²) in [5.74, 6) is -0.256. The van der Waals surface area contributed by atoms with Crippen LogP contribution in [0.3, 0.4) is 0 Å². The largest absolute Gasteiger partial charge is 0.340 e. The minimum Gasteiger partial charge on any atom is -0.340 e. The predicted molar refractivity (Wildman–Crippen MR) is 95.1 cm³/mol. The number of benzene rings is 2. The van der Waals surface area contributed by atoms with Crippen LogP contribution in [0.2, 0.25) is 0 Å². The van der Waals surface area contributed by atoms with Gasteiger partial charge in [-0.15, -0.1) is 0 Å². The lowest BCUT2D eigenvalue weighted by atomic mass is 9.94. The fourth-order valence-electron chi connectivity index (χ4n) is 2.82. The summed E-state index contributed by atoms with van der Waals surface area (Å²) in [6.07, 6.45) is 1.87. The maximum absolute atomic E-state index is 14.5. The summed E-state index contributed by atoms with van der Waals surface area (Å²) in [7, 11) is 0. The van der Waals surface area contributed by atoms with Gasteiger partial charge < -0.3 is 4.90 Å². The Kier molecular flexibility index (Phi) is 4.35. The average Bonchev–Trinajstić information content (AvgIpc) is 2.58. The molecule has 2 aromatic carbocycles. The van der Waals surface area contributed by atoms with Crippen LogP contribution in [0.1, 0.15) is 18.1 Å². The summed E-state index contributed by atoms with van der Waals surface area (Å²) in [5.41, 5.74) is 3.93. The first-order valence-corrected chi connectivity index (χ1v) is 7.90. The number of allylic oxidation sites excluding steroid dienone is 3. The van der Waals surface area contributed by atoms with E-state index in [-0.39, 0.29) is 5.82 Å². The van der Waals surface area contributed by atoms with E-state index < -0.39 is 0 Å². The van der Waals surface area contributed by atoms with Gasteiger partial charge >= 0.3 is 0 Å². The molecule has 0 N–H and O–H groups in total. The molecule has 1 nitrogen and oxygen atoms in total. The lowest BCUT2D eigenvalue weighted by Gasteiger charge is -2.33. The van der Waals surface area contributed by atoms with E-state index in [0.29, 0.717) is 22.8 Å². The Morgan fingerprint density at radius 2 is 1.70 bits per heavy atom. The molecule has 0 saturated carbocycles. The third kappa shape index (κ3) is 2.82. The normalized spacial score (nSPS) is 15.0. The summed E-state index contributed by atoms with van der Waals surface area (Å²) >= 11 is 6.37. The van der Waals surface area contributed by atoms with Crippen molar-refractivity contribution in [3.63, 3.8) is 0 Å². The highest BCUT2D eigenvalue weighted by atomic mass is 35.5. The molecular weight excluding hydrogens is 309 g/mol. The molecule has 0 aromatic heterocycles. The lowest BCUT2D eigenvalue weighted by Crippen LogP contribution is -2.25. The van der Waals surface area contributed by atoms with Crippen LogP contribution < -0.4 is 0 Å². The van der Waals surface area contributed by atoms with Crippen molar-refractivity contribution < 1.29 is 4.39 Å². The number of nitrogens with zero attached hydrogens (tertiary/aromatic N) is 1. The van der Waals surface area contributed by atoms with Gasteiger partial charge in [-0.05, 0) is 30.7 Å². The van der Waals surface area contributed by atoms with E-state index in [1.807, 2.05) is 54.3 Å². The van der Waals surface area contributed by atoms with Gasteiger partial charge in [0.25, 0.3) is 0 Å². The van der Waals surface area contributed by atoms with E-state index in [9.17, 15) is 4.39 Å². The number of likely N-dealkylation sites (N-methyl/N-ethyl adjacent to an activating group) is 1. The number of hydrogen-bond acceptors (Lipinski definition) is 1. The van der Waals surface area contributed by atoms with Gasteiger partial charge in [0.05, 0.1) is 16.4 Å². The first kappa shape index (κ1) is 15.6. The molecule has 0 atom stereocenters. The van der Waals surface area contributed by atoms with Crippen molar-refractivity contribution in [1.82, 2.24) is 4.90 Å². The molecule has 1 aliphatic rings. The standard InChI is InChI=1S/C20H17ClFN/c1-3-23-14(2)18(21)13-17(15-9-5-4-6-10-15)20(23)16-11-7-8-12-19(16)22/h4-13H,2-3H2,1H3. The van der Waals surface area contributed by atoms with Crippen LogP contribution in [0.5, 0.6) is 0 Å². The molecule has 0 saturated heterocycles. The molecule has 3 heteroatoms. The first-order valence-electron chi connectivity index (χ1n) is 7.52. The van der Waals surface area contributed by atoms with Gasteiger partial charge in [-0.2, -0.15) is 0 Å². The monoisotopic (exact) mass is 325 g/mol. The van der Waals surface area contributed by atoms with E-state index in [1.165, 1.54) is 6.07 Å². The maximum Gasteiger partial charge on any atom is 0.132 e. The van der Waals surface area contributed by atoms with Gasteiger partial charge in [0.15, 0.2) is 0 Å². The first-order chi connectivity index (χ1) is 11.1. The highest BCUT2D eigenvalue weighted by molar-refractivity contribution is 6.33. The lowest BCUT2D eigenvalue weighted by molar-refractivity contribution is 0.522. The molecule has 0 amide bonds. The van der Waals surface area contributed by atoms with Crippen molar-refractivity contribution in [2.24, 2.45) is 0 Å². The molecule has 3 rings (SSSR count). The summed E-state index contributed by atoms with van der Waals surface area (Å²) in [6.45, 7) is 6.71. The average molecular weight is 326 g/mol. The summed E-state index contributed by atoms with van der Waals surface area (Å²) in [4.78, 5) is 1.96. The highest BCUT2D eigenvalue weighted by Crippen LogP contribution is 2.40. The van der Waals surface area contributed by atoms with Crippen LogP contribution in [-0.2, 0) is 0 Å². The third-order valence-corrected chi connectivity index (χ3v) is 4.25. The second-order valence-corrected chi connectivity index (χ2v) is 5.70. The van der Waals surface area contributed by atoms with Crippen molar-refractivity contribution in [3.8, 4) is 0 Å². The van der Waals surface area contributed by atoms with Gasteiger partial charge in [0.1, 0.15) is 5.82 Å². The van der Waals surface area contributed by atoms with E-state index >= 15 is 0 Å². The molecule has 23 heavy (non-hydrogen) atoms. The Balaban J connectivity index is 2.32. The molecule has 1 aliphatic heterocycles. The summed E-state index contributed by atoms with van der Waals surface area (Å²) in [6, 6.07) is 16.7. The molecule has 2 aromatic rings. The minimum absolute atomic E-state index is 0.256. The van der Waals surface area contributed by atoms with Crippen molar-refractivity contribution in [2.75, 3.05) is 6.54 Å². The van der Waals surface area contributed by atoms with Crippen LogP contribution >= 0.6 is 11.6 Å². The Bertz CT molecular complexity index is 805. The quantitative estimate of drug-likeness (QED) is 0.703. The van der Waals surface area contributed by atoms with Crippen molar-refractivity contribution in [1.29, 1.82) is 0 Å². The van der Waals surface area contributed by atoms with Gasteiger partial charge in [-0.25, -0.2) is 4.39 Å². The van der Waals surface area contributed by atoms with Crippen molar-refractivity contribution in [3.05, 3.63) is 94.9 Å². The molecule has 0 radical (unpaired) electrons. The number of rotatable bonds is 3. The van der Waals surface area contributed by atoms with Crippen molar-refractivity contribution >= 4 is 22.9 Å². The van der Waals surface area contributed by atoms with E-state index in [0.717, 1.165) is 16.8 Å². The second-order valence-electron chi connectivity index (χ2n) is 5.29. The zero-order valence-corrected chi connectivity index (χ0v) is 13.6. The highest BCUT2D eigenvalue weighted by Gasteiger charge is 2.26. The SMILES string of the molecule is C=C1C(Cl)=CC(c2ccccc2)=C(c2ccccc2F)N1CC. The van der Waals surface area contributed by atoms with E-state index in [2.05, 4.69) is 6.58 Å². The predicted octanol–water partition coefficient (Wildman–Crippen LogP) is 5.67. The molecule has 116 valence electrons. The Morgan fingerprint density at radius 1 is 1.04 bits per heavy atom. The number of halogens is 2. The molecule has 0 fully saturated rings.